The van der Waals surface area contributed by atoms with Crippen molar-refractivity contribution < 1.29 is 9.53 Å². The lowest BCUT2D eigenvalue weighted by atomic mass is 9.79. The van der Waals surface area contributed by atoms with Crippen molar-refractivity contribution in [1.29, 1.82) is 0 Å². The molecule has 0 unspecified atom stereocenters. The number of fused-ring (bicyclic) bond motifs is 1. The number of amides is 1. The molecule has 2 aliphatic rings. The van der Waals surface area contributed by atoms with Crippen molar-refractivity contribution in [2.45, 2.75) is 45.4 Å². The third-order valence-corrected chi connectivity index (χ3v) is 5.12. The third kappa shape index (κ3) is 2.54. The highest BCUT2D eigenvalue weighted by atomic mass is 32.2. The van der Waals surface area contributed by atoms with Gasteiger partial charge in [-0.15, -0.1) is 0 Å². The fraction of sp³-hybridized carbons (Fsp3) is 0.500. The predicted molar refractivity (Wildman–Crippen MR) is 91.4 cm³/mol. The van der Waals surface area contributed by atoms with Crippen LogP contribution in [0.1, 0.15) is 56.1 Å². The van der Waals surface area contributed by atoms with Gasteiger partial charge in [-0.05, 0) is 34.9 Å². The summed E-state index contributed by atoms with van der Waals surface area (Å²) in [6.07, 6.45) is 2.01. The number of rotatable bonds is 1. The standard InChI is InChI=1S/C18H23NO2S/c1-17(2,3)13-9-12(16(20)19-7-6-8-22-19)10-14-15(13)21-11-18(14,4)5/h6,8-10H,7,11H2,1-5H3. The Hall–Kier alpha value is -1.42. The zero-order valence-corrected chi connectivity index (χ0v) is 14.7. The maximum atomic E-state index is 12.8. The summed E-state index contributed by atoms with van der Waals surface area (Å²) in [6.45, 7) is 12.2. The smallest absolute Gasteiger partial charge is 0.264 e. The van der Waals surface area contributed by atoms with Crippen LogP contribution in [0.25, 0.3) is 0 Å². The van der Waals surface area contributed by atoms with Crippen LogP contribution in [0.15, 0.2) is 23.6 Å². The number of nitrogens with zero attached hydrogens (tertiary/aromatic N) is 1. The van der Waals surface area contributed by atoms with Crippen LogP contribution < -0.4 is 4.74 Å². The summed E-state index contributed by atoms with van der Waals surface area (Å²) in [6, 6.07) is 4.04. The van der Waals surface area contributed by atoms with E-state index in [1.807, 2.05) is 23.6 Å². The highest BCUT2D eigenvalue weighted by Crippen LogP contribution is 2.45. The first kappa shape index (κ1) is 15.5. The van der Waals surface area contributed by atoms with E-state index < -0.39 is 0 Å². The molecule has 0 aliphatic carbocycles. The summed E-state index contributed by atoms with van der Waals surface area (Å²) in [4.78, 5) is 12.8. The van der Waals surface area contributed by atoms with Crippen molar-refractivity contribution in [2.24, 2.45) is 0 Å². The molecule has 1 amide bonds. The van der Waals surface area contributed by atoms with Crippen LogP contribution in [0.2, 0.25) is 0 Å². The molecule has 0 aromatic heterocycles. The largest absolute Gasteiger partial charge is 0.492 e. The molecule has 1 aromatic rings. The van der Waals surface area contributed by atoms with Gasteiger partial charge in [-0.25, -0.2) is 0 Å². The van der Waals surface area contributed by atoms with Crippen molar-refractivity contribution in [3.8, 4) is 5.75 Å². The van der Waals surface area contributed by atoms with Crippen molar-refractivity contribution in [3.63, 3.8) is 0 Å². The fourth-order valence-electron chi connectivity index (χ4n) is 2.87. The van der Waals surface area contributed by atoms with Crippen LogP contribution in [0.5, 0.6) is 5.75 Å². The Morgan fingerprint density at radius 3 is 2.64 bits per heavy atom. The Morgan fingerprint density at radius 1 is 1.32 bits per heavy atom. The van der Waals surface area contributed by atoms with E-state index in [1.165, 1.54) is 11.9 Å². The molecule has 1 aromatic carbocycles. The summed E-state index contributed by atoms with van der Waals surface area (Å²) in [5.41, 5.74) is 2.93. The van der Waals surface area contributed by atoms with Gasteiger partial charge in [-0.1, -0.05) is 40.7 Å². The number of benzene rings is 1. The molecular weight excluding hydrogens is 294 g/mol. The molecule has 0 radical (unpaired) electrons. The quantitative estimate of drug-likeness (QED) is 0.724. The van der Waals surface area contributed by atoms with Gasteiger partial charge < -0.3 is 4.74 Å². The minimum atomic E-state index is -0.0583. The number of carbonyl (C=O) groups excluding carboxylic acids is 1. The number of hydrogen-bond donors (Lipinski definition) is 0. The summed E-state index contributed by atoms with van der Waals surface area (Å²) in [7, 11) is 0. The summed E-state index contributed by atoms with van der Waals surface area (Å²) >= 11 is 1.46. The molecular formula is C18H23NO2S. The van der Waals surface area contributed by atoms with Gasteiger partial charge in [0.05, 0.1) is 13.2 Å². The van der Waals surface area contributed by atoms with E-state index >= 15 is 0 Å². The number of ether oxygens (including phenoxy) is 1. The molecule has 0 fully saturated rings. The molecule has 2 heterocycles. The molecule has 3 rings (SSSR count). The van der Waals surface area contributed by atoms with Gasteiger partial charge in [0.15, 0.2) is 0 Å². The van der Waals surface area contributed by atoms with E-state index in [2.05, 4.69) is 34.6 Å². The molecule has 0 N–H and O–H groups in total. The lowest BCUT2D eigenvalue weighted by Crippen LogP contribution is -2.24. The Kier molecular flexibility index (Phi) is 3.55. The maximum absolute atomic E-state index is 12.8. The minimum absolute atomic E-state index is 0.0535. The average molecular weight is 317 g/mol. The van der Waals surface area contributed by atoms with Crippen molar-refractivity contribution >= 4 is 17.9 Å². The molecule has 0 spiro atoms. The molecule has 118 valence electrons. The van der Waals surface area contributed by atoms with Crippen LogP contribution in [0.4, 0.5) is 0 Å². The number of hydrogen-bond acceptors (Lipinski definition) is 3. The van der Waals surface area contributed by atoms with Gasteiger partial charge in [0.2, 0.25) is 0 Å². The monoisotopic (exact) mass is 317 g/mol. The molecule has 22 heavy (non-hydrogen) atoms. The highest BCUT2D eigenvalue weighted by Gasteiger charge is 2.37. The zero-order chi connectivity index (χ0) is 16.1. The van der Waals surface area contributed by atoms with Gasteiger partial charge >= 0.3 is 0 Å². The number of carbonyl (C=O) groups is 1. The SMILES string of the molecule is CC(C)(C)c1cc(C(=O)N2CC=CS2)cc2c1OCC2(C)C. The molecule has 0 saturated carbocycles. The average Bonchev–Trinajstić information content (AvgIpc) is 3.05. The van der Waals surface area contributed by atoms with Gasteiger partial charge in [0, 0.05) is 22.1 Å². The van der Waals surface area contributed by atoms with Gasteiger partial charge in [-0.3, -0.25) is 9.10 Å². The summed E-state index contributed by atoms with van der Waals surface area (Å²) in [5.74, 6) is 1.05. The summed E-state index contributed by atoms with van der Waals surface area (Å²) in [5, 5.41) is 1.96. The first-order chi connectivity index (χ1) is 10.2. The van der Waals surface area contributed by atoms with Gasteiger partial charge in [0.1, 0.15) is 5.75 Å². The Bertz CT molecular complexity index is 648. The van der Waals surface area contributed by atoms with E-state index in [0.717, 1.165) is 22.4 Å². The van der Waals surface area contributed by atoms with Crippen molar-refractivity contribution in [2.75, 3.05) is 13.2 Å². The fourth-order valence-corrected chi connectivity index (χ4v) is 3.56. The zero-order valence-electron chi connectivity index (χ0n) is 13.9. The van der Waals surface area contributed by atoms with Crippen LogP contribution in [-0.2, 0) is 10.8 Å². The van der Waals surface area contributed by atoms with Crippen molar-refractivity contribution in [1.82, 2.24) is 4.31 Å². The van der Waals surface area contributed by atoms with Crippen LogP contribution in [0.3, 0.4) is 0 Å². The normalized spacial score (nSPS) is 19.2. The maximum Gasteiger partial charge on any atom is 0.264 e. The Labute approximate surface area is 136 Å². The molecule has 4 heteroatoms. The highest BCUT2D eigenvalue weighted by molar-refractivity contribution is 8.00. The van der Waals surface area contributed by atoms with Crippen molar-refractivity contribution in [3.05, 3.63) is 40.3 Å². The lowest BCUT2D eigenvalue weighted by Gasteiger charge is -2.25. The Balaban J connectivity index is 2.11. The topological polar surface area (TPSA) is 29.5 Å². The Morgan fingerprint density at radius 2 is 2.05 bits per heavy atom. The van der Waals surface area contributed by atoms with E-state index in [4.69, 9.17) is 4.74 Å². The molecule has 2 aliphatic heterocycles. The van der Waals surface area contributed by atoms with Gasteiger partial charge in [0.25, 0.3) is 5.91 Å². The molecule has 0 atom stereocenters. The van der Waals surface area contributed by atoms with E-state index in [-0.39, 0.29) is 16.7 Å². The van der Waals surface area contributed by atoms with Crippen LogP contribution in [-0.4, -0.2) is 23.4 Å². The second-order valence-corrected chi connectivity index (χ2v) is 8.59. The lowest BCUT2D eigenvalue weighted by molar-refractivity contribution is 0.0883. The van der Waals surface area contributed by atoms with Gasteiger partial charge in [-0.2, -0.15) is 0 Å². The second-order valence-electron chi connectivity index (χ2n) is 7.67. The van der Waals surface area contributed by atoms with Crippen LogP contribution in [0, 0.1) is 0 Å². The minimum Gasteiger partial charge on any atom is -0.492 e. The van der Waals surface area contributed by atoms with E-state index in [9.17, 15) is 4.79 Å². The first-order valence-electron chi connectivity index (χ1n) is 7.65. The predicted octanol–water partition coefficient (Wildman–Crippen LogP) is 4.27. The van der Waals surface area contributed by atoms with E-state index in [0.29, 0.717) is 13.2 Å². The second kappa shape index (κ2) is 5.05. The van der Waals surface area contributed by atoms with E-state index in [1.54, 1.807) is 4.31 Å². The molecule has 0 saturated heterocycles. The summed E-state index contributed by atoms with van der Waals surface area (Å²) < 4.78 is 7.78. The third-order valence-electron chi connectivity index (χ3n) is 4.23. The molecule has 0 bridgehead atoms. The molecule has 3 nitrogen and oxygen atoms in total. The first-order valence-corrected chi connectivity index (χ1v) is 8.49. The van der Waals surface area contributed by atoms with Crippen LogP contribution >= 0.6 is 11.9 Å².